The number of hydrogen-bond acceptors (Lipinski definition) is 4. The Balaban J connectivity index is 1.37. The molecular formula is C25H29FN4O3. The molecule has 0 unspecified atom stereocenters. The van der Waals surface area contributed by atoms with Gasteiger partial charge in [0.15, 0.2) is 0 Å². The van der Waals surface area contributed by atoms with Crippen molar-refractivity contribution in [3.8, 4) is 0 Å². The first-order valence-corrected chi connectivity index (χ1v) is 11.6. The molecule has 4 bridgehead atoms. The maximum atomic E-state index is 13.3. The van der Waals surface area contributed by atoms with E-state index in [1.165, 1.54) is 31.4 Å². The van der Waals surface area contributed by atoms with Crippen LogP contribution in [0.1, 0.15) is 70.6 Å². The number of anilines is 1. The lowest BCUT2D eigenvalue weighted by Gasteiger charge is -2.56. The van der Waals surface area contributed by atoms with Crippen LogP contribution in [0.4, 0.5) is 10.2 Å². The molecule has 33 heavy (non-hydrogen) atoms. The third-order valence-corrected chi connectivity index (χ3v) is 7.96. The Morgan fingerprint density at radius 2 is 1.67 bits per heavy atom. The van der Waals surface area contributed by atoms with Gasteiger partial charge in [0.25, 0.3) is 17.6 Å². The van der Waals surface area contributed by atoms with Gasteiger partial charge in [-0.25, -0.2) is 9.37 Å². The molecule has 0 saturated heterocycles. The monoisotopic (exact) mass is 452 g/mol. The van der Waals surface area contributed by atoms with Gasteiger partial charge in [0.05, 0.1) is 17.5 Å². The van der Waals surface area contributed by atoms with Crippen molar-refractivity contribution in [1.82, 2.24) is 14.9 Å². The number of Topliss-reactive ketones (excluding diaryl/α,β-unsaturated/α-hetero) is 1. The lowest BCUT2D eigenvalue weighted by molar-refractivity contribution is -0.122. The summed E-state index contributed by atoms with van der Waals surface area (Å²) in [6.07, 6.45) is 7.65. The molecule has 0 spiro atoms. The molecule has 0 aliphatic heterocycles. The fraction of sp³-hybridized carbons (Fsp3) is 0.520. The molecule has 4 fully saturated rings. The van der Waals surface area contributed by atoms with E-state index in [2.05, 4.69) is 15.6 Å². The third kappa shape index (κ3) is 3.75. The fourth-order valence-corrected chi connectivity index (χ4v) is 6.93. The number of ketones is 1. The number of halogens is 1. The van der Waals surface area contributed by atoms with Crippen LogP contribution in [0.3, 0.4) is 0 Å². The number of pyridine rings is 1. The number of carbonyl (C=O) groups excluding carboxylic acids is 3. The van der Waals surface area contributed by atoms with Gasteiger partial charge in [-0.2, -0.15) is 0 Å². The smallest absolute Gasteiger partial charge is 0.294 e. The number of nitrogens with zero attached hydrogens (tertiary/aromatic N) is 2. The van der Waals surface area contributed by atoms with E-state index in [-0.39, 0.29) is 17.1 Å². The van der Waals surface area contributed by atoms with Crippen LogP contribution in [0.15, 0.2) is 18.3 Å². The molecule has 4 saturated carbocycles. The van der Waals surface area contributed by atoms with Crippen LogP contribution in [-0.4, -0.2) is 32.7 Å². The van der Waals surface area contributed by atoms with Crippen LogP contribution < -0.4 is 10.6 Å². The quantitative estimate of drug-likeness (QED) is 0.534. The SMILES string of the molecule is Cc1c(C(=O)Nc2ccc(F)cn2)c(C)n(C)c1C(=O)C(=O)NC12CC3CC(CC(C3)C1)C2. The van der Waals surface area contributed by atoms with Crippen LogP contribution in [0.2, 0.25) is 0 Å². The molecule has 8 heteroatoms. The number of hydrogen-bond donors (Lipinski definition) is 2. The largest absolute Gasteiger partial charge is 0.344 e. The zero-order valence-corrected chi connectivity index (χ0v) is 19.2. The van der Waals surface area contributed by atoms with Crippen molar-refractivity contribution in [2.45, 2.75) is 57.9 Å². The molecule has 7 nitrogen and oxygen atoms in total. The van der Waals surface area contributed by atoms with Crippen molar-refractivity contribution in [3.05, 3.63) is 46.7 Å². The van der Waals surface area contributed by atoms with Crippen molar-refractivity contribution in [2.75, 3.05) is 5.32 Å². The lowest BCUT2D eigenvalue weighted by atomic mass is 9.53. The van der Waals surface area contributed by atoms with Crippen molar-refractivity contribution in [2.24, 2.45) is 24.8 Å². The predicted octanol–water partition coefficient (Wildman–Crippen LogP) is 3.70. The lowest BCUT2D eigenvalue weighted by Crippen LogP contribution is -2.60. The minimum absolute atomic E-state index is 0.205. The Labute approximate surface area is 192 Å². The second kappa shape index (κ2) is 7.78. The molecule has 0 atom stereocenters. The molecule has 4 aliphatic rings. The molecule has 0 radical (unpaired) electrons. The molecule has 6 rings (SSSR count). The molecule has 2 aromatic heterocycles. The number of rotatable bonds is 5. The normalized spacial score (nSPS) is 27.5. The molecule has 2 amide bonds. The summed E-state index contributed by atoms with van der Waals surface area (Å²) in [5, 5.41) is 5.77. The first-order valence-electron chi connectivity index (χ1n) is 11.6. The summed E-state index contributed by atoms with van der Waals surface area (Å²) >= 11 is 0. The average Bonchev–Trinajstić information content (AvgIpc) is 2.96. The highest BCUT2D eigenvalue weighted by molar-refractivity contribution is 6.43. The van der Waals surface area contributed by atoms with Gasteiger partial charge in [0, 0.05) is 18.3 Å². The predicted molar refractivity (Wildman–Crippen MR) is 120 cm³/mol. The molecule has 174 valence electrons. The van der Waals surface area contributed by atoms with Gasteiger partial charge in [-0.15, -0.1) is 0 Å². The van der Waals surface area contributed by atoms with E-state index in [1.54, 1.807) is 25.5 Å². The minimum atomic E-state index is -0.618. The molecule has 4 aliphatic carbocycles. The highest BCUT2D eigenvalue weighted by Crippen LogP contribution is 2.55. The molecule has 2 heterocycles. The van der Waals surface area contributed by atoms with Gasteiger partial charge in [-0.1, -0.05) is 0 Å². The standard InChI is InChI=1S/C25H29FN4O3/c1-13-20(23(32)28-19-5-4-18(26)12-27-19)14(2)30(3)21(13)22(31)24(33)29-25-9-15-6-16(10-25)8-17(7-15)11-25/h4-5,12,15-17H,6-11H2,1-3H3,(H,29,33)(H,27,28,32). The van der Waals surface area contributed by atoms with Crippen molar-refractivity contribution in [3.63, 3.8) is 0 Å². The number of aromatic nitrogens is 2. The average molecular weight is 453 g/mol. The number of nitrogens with one attached hydrogen (secondary N) is 2. The highest BCUT2D eigenvalue weighted by atomic mass is 19.1. The van der Waals surface area contributed by atoms with E-state index in [4.69, 9.17) is 0 Å². The summed E-state index contributed by atoms with van der Waals surface area (Å²) in [4.78, 5) is 43.2. The van der Waals surface area contributed by atoms with E-state index >= 15 is 0 Å². The molecule has 0 aromatic carbocycles. The Hall–Kier alpha value is -3.03. The summed E-state index contributed by atoms with van der Waals surface area (Å²) in [6.45, 7) is 3.40. The van der Waals surface area contributed by atoms with E-state index in [0.29, 0.717) is 34.6 Å². The Morgan fingerprint density at radius 1 is 1.06 bits per heavy atom. The summed E-state index contributed by atoms with van der Waals surface area (Å²) in [7, 11) is 1.68. The molecule has 2 aromatic rings. The minimum Gasteiger partial charge on any atom is -0.344 e. The maximum absolute atomic E-state index is 13.3. The summed E-state index contributed by atoms with van der Waals surface area (Å²) < 4.78 is 14.7. The highest BCUT2D eigenvalue weighted by Gasteiger charge is 2.52. The van der Waals surface area contributed by atoms with Crippen LogP contribution in [0.5, 0.6) is 0 Å². The van der Waals surface area contributed by atoms with Crippen molar-refractivity contribution in [1.29, 1.82) is 0 Å². The van der Waals surface area contributed by atoms with Crippen molar-refractivity contribution >= 4 is 23.4 Å². The van der Waals surface area contributed by atoms with E-state index in [1.807, 2.05) is 0 Å². The molecule has 2 N–H and O–H groups in total. The van der Waals surface area contributed by atoms with Crippen LogP contribution >= 0.6 is 0 Å². The number of amides is 2. The fourth-order valence-electron chi connectivity index (χ4n) is 6.93. The second-order valence-corrected chi connectivity index (χ2v) is 10.3. The van der Waals surface area contributed by atoms with Crippen LogP contribution in [0, 0.1) is 37.4 Å². The van der Waals surface area contributed by atoms with Gasteiger partial charge >= 0.3 is 0 Å². The first kappa shape index (κ1) is 21.8. The topological polar surface area (TPSA) is 93.1 Å². The number of carbonyl (C=O) groups is 3. The van der Waals surface area contributed by atoms with E-state index in [0.717, 1.165) is 25.5 Å². The van der Waals surface area contributed by atoms with Gasteiger partial charge in [-0.3, -0.25) is 14.4 Å². The van der Waals surface area contributed by atoms with Gasteiger partial charge in [-0.05, 0) is 87.8 Å². The van der Waals surface area contributed by atoms with Gasteiger partial charge < -0.3 is 15.2 Å². The van der Waals surface area contributed by atoms with Crippen LogP contribution in [0.25, 0.3) is 0 Å². The Kier molecular flexibility index (Phi) is 5.14. The first-order chi connectivity index (χ1) is 15.7. The Morgan fingerprint density at radius 3 is 2.21 bits per heavy atom. The third-order valence-electron chi connectivity index (χ3n) is 7.96. The zero-order valence-electron chi connectivity index (χ0n) is 19.2. The van der Waals surface area contributed by atoms with E-state index < -0.39 is 23.4 Å². The second-order valence-electron chi connectivity index (χ2n) is 10.3. The summed E-state index contributed by atoms with van der Waals surface area (Å²) in [5.74, 6) is -0.00143. The maximum Gasteiger partial charge on any atom is 0.294 e. The molecular weight excluding hydrogens is 423 g/mol. The Bertz CT molecular complexity index is 1120. The van der Waals surface area contributed by atoms with E-state index in [9.17, 15) is 18.8 Å². The van der Waals surface area contributed by atoms with Crippen LogP contribution in [-0.2, 0) is 11.8 Å². The zero-order chi connectivity index (χ0) is 23.5. The summed E-state index contributed by atoms with van der Waals surface area (Å²) in [6, 6.07) is 2.57. The van der Waals surface area contributed by atoms with Crippen molar-refractivity contribution < 1.29 is 18.8 Å². The van der Waals surface area contributed by atoms with Gasteiger partial charge in [0.2, 0.25) is 0 Å². The van der Waals surface area contributed by atoms with Gasteiger partial charge in [0.1, 0.15) is 11.6 Å². The summed E-state index contributed by atoms with van der Waals surface area (Å²) in [5.41, 5.74) is 1.28.